The molecule has 18 heavy (non-hydrogen) atoms. The highest BCUT2D eigenvalue weighted by Gasteiger charge is 2.10. The Morgan fingerprint density at radius 1 is 0.889 bits per heavy atom. The van der Waals surface area contributed by atoms with Crippen LogP contribution in [0, 0.1) is 0 Å². The number of aliphatic hydroxyl groups is 1. The fraction of sp³-hybridized carbons (Fsp3) is 0.250. The average Bonchev–Trinajstić information content (AvgIpc) is 2.38. The summed E-state index contributed by atoms with van der Waals surface area (Å²) in [6.45, 7) is 4.31. The van der Waals surface area contributed by atoms with Gasteiger partial charge in [0, 0.05) is 5.02 Å². The average molecular weight is 261 g/mol. The summed E-state index contributed by atoms with van der Waals surface area (Å²) >= 11 is 5.93. The summed E-state index contributed by atoms with van der Waals surface area (Å²) in [5.74, 6) is 0.502. The van der Waals surface area contributed by atoms with Gasteiger partial charge in [0.25, 0.3) is 0 Å². The van der Waals surface area contributed by atoms with E-state index < -0.39 is 6.10 Å². The van der Waals surface area contributed by atoms with Crippen molar-refractivity contribution in [2.45, 2.75) is 25.9 Å². The highest BCUT2D eigenvalue weighted by atomic mass is 35.5. The van der Waals surface area contributed by atoms with Gasteiger partial charge in [-0.3, -0.25) is 0 Å². The summed E-state index contributed by atoms with van der Waals surface area (Å²) in [4.78, 5) is 0. The van der Waals surface area contributed by atoms with E-state index in [0.717, 1.165) is 11.1 Å². The Morgan fingerprint density at radius 3 is 2.06 bits per heavy atom. The van der Waals surface area contributed by atoms with Gasteiger partial charge in [0.1, 0.15) is 6.10 Å². The Morgan fingerprint density at radius 2 is 1.50 bits per heavy atom. The van der Waals surface area contributed by atoms with Crippen LogP contribution in [0.5, 0.6) is 0 Å². The molecule has 94 valence electrons. The van der Waals surface area contributed by atoms with Crippen LogP contribution in [0.2, 0.25) is 5.02 Å². The van der Waals surface area contributed by atoms with Crippen LogP contribution in [-0.4, -0.2) is 5.11 Å². The Balaban J connectivity index is 2.26. The molecule has 0 saturated heterocycles. The molecule has 0 saturated carbocycles. The third-order valence-corrected chi connectivity index (χ3v) is 3.32. The lowest BCUT2D eigenvalue weighted by molar-refractivity contribution is 0.220. The summed E-state index contributed by atoms with van der Waals surface area (Å²) in [7, 11) is 0. The van der Waals surface area contributed by atoms with Crippen LogP contribution in [0.4, 0.5) is 0 Å². The first-order valence-corrected chi connectivity index (χ1v) is 6.49. The fourth-order valence-corrected chi connectivity index (χ4v) is 2.13. The predicted octanol–water partition coefficient (Wildman–Crippen LogP) is 4.55. The molecule has 0 aliphatic rings. The second kappa shape index (κ2) is 5.55. The fourth-order valence-electron chi connectivity index (χ4n) is 1.93. The Bertz CT molecular complexity index is 517. The lowest BCUT2D eigenvalue weighted by atomic mass is 9.97. The third-order valence-electron chi connectivity index (χ3n) is 3.08. The van der Waals surface area contributed by atoms with Crippen molar-refractivity contribution >= 4 is 11.6 Å². The van der Waals surface area contributed by atoms with E-state index in [1.54, 1.807) is 12.1 Å². The number of hydrogen-bond acceptors (Lipinski definition) is 1. The molecular weight excluding hydrogens is 244 g/mol. The maximum atomic E-state index is 10.3. The second-order valence-corrected chi connectivity index (χ2v) is 5.22. The van der Waals surface area contributed by atoms with Crippen LogP contribution in [0.1, 0.15) is 42.6 Å². The molecular formula is C16H17ClO. The van der Waals surface area contributed by atoms with Gasteiger partial charge < -0.3 is 5.11 Å². The number of benzene rings is 2. The Hall–Kier alpha value is -1.31. The van der Waals surface area contributed by atoms with E-state index >= 15 is 0 Å². The Labute approximate surface area is 113 Å². The quantitative estimate of drug-likeness (QED) is 0.859. The second-order valence-electron chi connectivity index (χ2n) is 4.78. The molecule has 0 aliphatic heterocycles. The molecule has 0 amide bonds. The van der Waals surface area contributed by atoms with Crippen molar-refractivity contribution in [2.75, 3.05) is 0 Å². The van der Waals surface area contributed by atoms with Gasteiger partial charge in [0.05, 0.1) is 0 Å². The van der Waals surface area contributed by atoms with E-state index in [1.807, 2.05) is 24.3 Å². The van der Waals surface area contributed by atoms with Crippen molar-refractivity contribution in [2.24, 2.45) is 0 Å². The van der Waals surface area contributed by atoms with E-state index in [1.165, 1.54) is 5.56 Å². The van der Waals surface area contributed by atoms with E-state index in [2.05, 4.69) is 26.0 Å². The molecule has 0 bridgehead atoms. The zero-order valence-corrected chi connectivity index (χ0v) is 11.4. The smallest absolute Gasteiger partial charge is 0.104 e. The van der Waals surface area contributed by atoms with Crippen molar-refractivity contribution < 1.29 is 5.11 Å². The van der Waals surface area contributed by atoms with Gasteiger partial charge in [-0.25, -0.2) is 0 Å². The summed E-state index contributed by atoms with van der Waals surface area (Å²) in [6, 6.07) is 15.4. The van der Waals surface area contributed by atoms with Gasteiger partial charge in [-0.2, -0.15) is 0 Å². The molecule has 0 spiro atoms. The van der Waals surface area contributed by atoms with Crippen LogP contribution in [-0.2, 0) is 0 Å². The van der Waals surface area contributed by atoms with Crippen molar-refractivity contribution in [3.63, 3.8) is 0 Å². The minimum Gasteiger partial charge on any atom is -0.384 e. The number of aliphatic hydroxyl groups excluding tert-OH is 1. The molecule has 2 heteroatoms. The minimum absolute atomic E-state index is 0.502. The molecule has 0 aromatic heterocycles. The summed E-state index contributed by atoms with van der Waals surface area (Å²) in [6.07, 6.45) is -0.620. The lowest BCUT2D eigenvalue weighted by Gasteiger charge is -2.13. The summed E-state index contributed by atoms with van der Waals surface area (Å²) < 4.78 is 0. The van der Waals surface area contributed by atoms with Crippen molar-refractivity contribution in [3.05, 3.63) is 70.2 Å². The van der Waals surface area contributed by atoms with E-state index in [9.17, 15) is 5.11 Å². The molecule has 2 rings (SSSR count). The van der Waals surface area contributed by atoms with Crippen LogP contribution in [0.25, 0.3) is 0 Å². The normalized spacial score (nSPS) is 12.7. The maximum Gasteiger partial charge on any atom is 0.104 e. The lowest BCUT2D eigenvalue weighted by Crippen LogP contribution is -2.00. The maximum absolute atomic E-state index is 10.3. The topological polar surface area (TPSA) is 20.2 Å². The molecule has 0 heterocycles. The molecule has 2 aromatic rings. The van der Waals surface area contributed by atoms with Crippen molar-refractivity contribution in [1.29, 1.82) is 0 Å². The standard InChI is InChI=1S/C16H17ClO/c1-11(2)12-6-8-13(9-7-12)16(18)14-4-3-5-15(17)10-14/h3-11,16,18H,1-2H3/t16-/m1/s1. The first-order valence-electron chi connectivity index (χ1n) is 6.11. The predicted molar refractivity (Wildman–Crippen MR) is 76.0 cm³/mol. The molecule has 1 nitrogen and oxygen atoms in total. The Kier molecular flexibility index (Phi) is 4.05. The molecule has 0 aliphatic carbocycles. The van der Waals surface area contributed by atoms with E-state index in [4.69, 9.17) is 11.6 Å². The van der Waals surface area contributed by atoms with Crippen LogP contribution >= 0.6 is 11.6 Å². The van der Waals surface area contributed by atoms with Crippen LogP contribution in [0.15, 0.2) is 48.5 Å². The number of halogens is 1. The molecule has 2 aromatic carbocycles. The van der Waals surface area contributed by atoms with Gasteiger partial charge >= 0.3 is 0 Å². The number of rotatable bonds is 3. The van der Waals surface area contributed by atoms with E-state index in [0.29, 0.717) is 10.9 Å². The molecule has 0 fully saturated rings. The molecule has 0 unspecified atom stereocenters. The molecule has 1 N–H and O–H groups in total. The van der Waals surface area contributed by atoms with Gasteiger partial charge in [-0.1, -0.05) is 61.8 Å². The highest BCUT2D eigenvalue weighted by molar-refractivity contribution is 6.30. The number of hydrogen-bond donors (Lipinski definition) is 1. The van der Waals surface area contributed by atoms with Gasteiger partial charge in [-0.05, 0) is 34.7 Å². The monoisotopic (exact) mass is 260 g/mol. The van der Waals surface area contributed by atoms with E-state index in [-0.39, 0.29) is 0 Å². The van der Waals surface area contributed by atoms with Crippen LogP contribution in [0.3, 0.4) is 0 Å². The SMILES string of the molecule is CC(C)c1ccc([C@@H](O)c2cccc(Cl)c2)cc1. The summed E-state index contributed by atoms with van der Waals surface area (Å²) in [5, 5.41) is 10.9. The zero-order valence-electron chi connectivity index (χ0n) is 10.6. The molecule has 0 radical (unpaired) electrons. The summed E-state index contributed by atoms with van der Waals surface area (Å²) in [5.41, 5.74) is 2.98. The minimum atomic E-state index is -0.620. The largest absolute Gasteiger partial charge is 0.384 e. The van der Waals surface area contributed by atoms with Crippen LogP contribution < -0.4 is 0 Å². The van der Waals surface area contributed by atoms with Crippen molar-refractivity contribution in [3.8, 4) is 0 Å². The molecule has 1 atom stereocenters. The van der Waals surface area contributed by atoms with Gasteiger partial charge in [-0.15, -0.1) is 0 Å². The highest BCUT2D eigenvalue weighted by Crippen LogP contribution is 2.25. The zero-order chi connectivity index (χ0) is 13.1. The van der Waals surface area contributed by atoms with Gasteiger partial charge in [0.2, 0.25) is 0 Å². The van der Waals surface area contributed by atoms with Crippen molar-refractivity contribution in [1.82, 2.24) is 0 Å². The van der Waals surface area contributed by atoms with Gasteiger partial charge in [0.15, 0.2) is 0 Å². The first kappa shape index (κ1) is 13.1. The third kappa shape index (κ3) is 2.92. The first-order chi connectivity index (χ1) is 8.58.